The second kappa shape index (κ2) is 8.85. The summed E-state index contributed by atoms with van der Waals surface area (Å²) in [6.07, 6.45) is 2.01. The molecule has 1 saturated heterocycles. The Hall–Kier alpha value is -4.01. The first kappa shape index (κ1) is 20.9. The summed E-state index contributed by atoms with van der Waals surface area (Å²) in [6, 6.07) is 13.5. The Balaban J connectivity index is 1.23. The first-order chi connectivity index (χ1) is 16.0. The van der Waals surface area contributed by atoms with Crippen molar-refractivity contribution in [2.75, 3.05) is 36.4 Å². The Kier molecular flexibility index (Phi) is 5.60. The van der Waals surface area contributed by atoms with Gasteiger partial charge in [0.1, 0.15) is 29.0 Å². The number of para-hydroxylation sites is 1. The summed E-state index contributed by atoms with van der Waals surface area (Å²) < 4.78 is 5.33. The maximum atomic E-state index is 12.9. The zero-order valence-electron chi connectivity index (χ0n) is 18.7. The fourth-order valence-electron chi connectivity index (χ4n) is 4.02. The monoisotopic (exact) mass is 443 g/mol. The number of carbonyl (C=O) groups is 1. The van der Waals surface area contributed by atoms with Crippen molar-refractivity contribution in [3.8, 4) is 0 Å². The molecule has 168 valence electrons. The summed E-state index contributed by atoms with van der Waals surface area (Å²) in [4.78, 5) is 30.4. The van der Waals surface area contributed by atoms with Gasteiger partial charge in [0, 0.05) is 43.8 Å². The maximum Gasteiger partial charge on any atom is 0.228 e. The number of rotatable bonds is 5. The van der Waals surface area contributed by atoms with Crippen molar-refractivity contribution < 1.29 is 9.32 Å². The standard InChI is InChI=1S/C24H25N7O2/c1-16-7-8-25-21(13-16)28-22-15-23(27-17(2)26-22)30-9-11-31(12-10-30)24(32)14-19-18-5-3-4-6-20(18)33-29-19/h3-8,13,15H,9-12,14H2,1-2H3,(H,25,26,27,28). The van der Waals surface area contributed by atoms with Gasteiger partial charge in [-0.25, -0.2) is 15.0 Å². The lowest BCUT2D eigenvalue weighted by atomic mass is 10.1. The van der Waals surface area contributed by atoms with Crippen LogP contribution >= 0.6 is 0 Å². The average molecular weight is 444 g/mol. The van der Waals surface area contributed by atoms with E-state index in [2.05, 4.69) is 30.3 Å². The van der Waals surface area contributed by atoms with E-state index in [0.717, 1.165) is 22.6 Å². The van der Waals surface area contributed by atoms with E-state index >= 15 is 0 Å². The number of fused-ring (bicyclic) bond motifs is 1. The van der Waals surface area contributed by atoms with Gasteiger partial charge in [-0.1, -0.05) is 17.3 Å². The number of pyridine rings is 1. The minimum Gasteiger partial charge on any atom is -0.356 e. The first-order valence-corrected chi connectivity index (χ1v) is 11.0. The fraction of sp³-hybridized carbons (Fsp3) is 0.292. The third-order valence-electron chi connectivity index (χ3n) is 5.72. The van der Waals surface area contributed by atoms with Crippen molar-refractivity contribution >= 4 is 34.3 Å². The van der Waals surface area contributed by atoms with Gasteiger partial charge in [0.2, 0.25) is 5.91 Å². The SMILES string of the molecule is Cc1ccnc(Nc2cc(N3CCN(C(=O)Cc4noc5ccccc45)CC3)nc(C)n2)c1. The van der Waals surface area contributed by atoms with Crippen LogP contribution < -0.4 is 10.2 Å². The van der Waals surface area contributed by atoms with Gasteiger partial charge in [-0.05, 0) is 43.7 Å². The van der Waals surface area contributed by atoms with Crippen LogP contribution in [0.1, 0.15) is 17.1 Å². The summed E-state index contributed by atoms with van der Waals surface area (Å²) >= 11 is 0. The zero-order valence-corrected chi connectivity index (χ0v) is 18.7. The number of amides is 1. The molecule has 9 heteroatoms. The van der Waals surface area contributed by atoms with Crippen molar-refractivity contribution in [1.29, 1.82) is 0 Å². The van der Waals surface area contributed by atoms with Crippen LogP contribution in [0.15, 0.2) is 53.2 Å². The van der Waals surface area contributed by atoms with Crippen LogP contribution in [0.3, 0.4) is 0 Å². The molecule has 0 atom stereocenters. The molecule has 4 heterocycles. The number of hydrogen-bond donors (Lipinski definition) is 1. The van der Waals surface area contributed by atoms with Gasteiger partial charge in [-0.2, -0.15) is 0 Å². The van der Waals surface area contributed by atoms with Gasteiger partial charge in [0.25, 0.3) is 0 Å². The van der Waals surface area contributed by atoms with Crippen LogP contribution in [0.2, 0.25) is 0 Å². The molecule has 33 heavy (non-hydrogen) atoms. The molecule has 1 N–H and O–H groups in total. The van der Waals surface area contributed by atoms with E-state index in [9.17, 15) is 4.79 Å². The number of anilines is 3. The molecule has 0 aliphatic carbocycles. The van der Waals surface area contributed by atoms with Crippen molar-refractivity contribution in [3.05, 3.63) is 65.7 Å². The Morgan fingerprint density at radius 3 is 2.67 bits per heavy atom. The van der Waals surface area contributed by atoms with Crippen molar-refractivity contribution in [2.45, 2.75) is 20.3 Å². The Bertz CT molecular complexity index is 1290. The molecule has 0 unspecified atom stereocenters. The number of hydrogen-bond acceptors (Lipinski definition) is 8. The van der Waals surface area contributed by atoms with Crippen LogP contribution in [0.25, 0.3) is 11.0 Å². The highest BCUT2D eigenvalue weighted by Gasteiger charge is 2.24. The number of carbonyl (C=O) groups excluding carboxylic acids is 1. The molecule has 1 aliphatic heterocycles. The van der Waals surface area contributed by atoms with Crippen molar-refractivity contribution in [1.82, 2.24) is 25.0 Å². The van der Waals surface area contributed by atoms with E-state index < -0.39 is 0 Å². The molecule has 5 rings (SSSR count). The Labute approximate surface area is 191 Å². The minimum atomic E-state index is 0.0560. The van der Waals surface area contributed by atoms with Crippen LogP contribution in [0, 0.1) is 13.8 Å². The van der Waals surface area contributed by atoms with E-state index in [1.807, 2.05) is 61.2 Å². The summed E-state index contributed by atoms with van der Waals surface area (Å²) in [5.41, 5.74) is 2.51. The highest BCUT2D eigenvalue weighted by Crippen LogP contribution is 2.22. The quantitative estimate of drug-likeness (QED) is 0.502. The average Bonchev–Trinajstić information content (AvgIpc) is 3.21. The van der Waals surface area contributed by atoms with E-state index in [4.69, 9.17) is 4.52 Å². The molecular formula is C24H25N7O2. The molecule has 1 fully saturated rings. The molecule has 1 amide bonds. The van der Waals surface area contributed by atoms with Gasteiger partial charge in [-0.15, -0.1) is 0 Å². The Morgan fingerprint density at radius 2 is 1.85 bits per heavy atom. The number of aromatic nitrogens is 4. The molecule has 1 aliphatic rings. The van der Waals surface area contributed by atoms with Crippen LogP contribution in [0.5, 0.6) is 0 Å². The van der Waals surface area contributed by atoms with Gasteiger partial charge in [0.05, 0.1) is 6.42 Å². The van der Waals surface area contributed by atoms with Gasteiger partial charge >= 0.3 is 0 Å². The molecule has 0 bridgehead atoms. The molecule has 0 radical (unpaired) electrons. The lowest BCUT2D eigenvalue weighted by molar-refractivity contribution is -0.130. The second-order valence-corrected chi connectivity index (χ2v) is 8.17. The van der Waals surface area contributed by atoms with E-state index in [1.54, 1.807) is 6.20 Å². The highest BCUT2D eigenvalue weighted by molar-refractivity contribution is 5.86. The summed E-state index contributed by atoms with van der Waals surface area (Å²) in [5.74, 6) is 3.02. The second-order valence-electron chi connectivity index (χ2n) is 8.17. The van der Waals surface area contributed by atoms with Crippen molar-refractivity contribution in [2.24, 2.45) is 0 Å². The number of nitrogens with zero attached hydrogens (tertiary/aromatic N) is 6. The molecule has 0 spiro atoms. The minimum absolute atomic E-state index is 0.0560. The van der Waals surface area contributed by atoms with Crippen LogP contribution in [-0.2, 0) is 11.2 Å². The maximum absolute atomic E-state index is 12.9. The van der Waals surface area contributed by atoms with Gasteiger partial charge in [-0.3, -0.25) is 4.79 Å². The van der Waals surface area contributed by atoms with E-state index in [-0.39, 0.29) is 12.3 Å². The third kappa shape index (κ3) is 4.62. The predicted molar refractivity (Wildman–Crippen MR) is 126 cm³/mol. The number of benzene rings is 1. The summed E-state index contributed by atoms with van der Waals surface area (Å²) in [5, 5.41) is 8.24. The largest absolute Gasteiger partial charge is 0.356 e. The smallest absolute Gasteiger partial charge is 0.228 e. The van der Waals surface area contributed by atoms with E-state index in [1.165, 1.54) is 0 Å². The molecule has 9 nitrogen and oxygen atoms in total. The van der Waals surface area contributed by atoms with E-state index in [0.29, 0.717) is 49.1 Å². The van der Waals surface area contributed by atoms with Crippen LogP contribution in [0.4, 0.5) is 17.5 Å². The molecule has 1 aromatic carbocycles. The summed E-state index contributed by atoms with van der Waals surface area (Å²) in [7, 11) is 0. The molecule has 4 aromatic rings. The summed E-state index contributed by atoms with van der Waals surface area (Å²) in [6.45, 7) is 6.54. The van der Waals surface area contributed by atoms with Crippen LogP contribution in [-0.4, -0.2) is 57.1 Å². The normalized spacial score (nSPS) is 14.0. The zero-order chi connectivity index (χ0) is 22.8. The number of nitrogens with one attached hydrogen (secondary N) is 1. The predicted octanol–water partition coefficient (Wildman–Crippen LogP) is 3.26. The topological polar surface area (TPSA) is 100 Å². The molecule has 0 saturated carbocycles. The van der Waals surface area contributed by atoms with Gasteiger partial charge < -0.3 is 19.6 Å². The van der Waals surface area contributed by atoms with Gasteiger partial charge in [0.15, 0.2) is 5.58 Å². The number of piperazine rings is 1. The molecular weight excluding hydrogens is 418 g/mol. The third-order valence-corrected chi connectivity index (χ3v) is 5.72. The Morgan fingerprint density at radius 1 is 1.03 bits per heavy atom. The first-order valence-electron chi connectivity index (χ1n) is 11.0. The van der Waals surface area contributed by atoms with Crippen molar-refractivity contribution in [3.63, 3.8) is 0 Å². The lowest BCUT2D eigenvalue weighted by Gasteiger charge is -2.35. The number of aryl methyl sites for hydroxylation is 2. The fourth-order valence-corrected chi connectivity index (χ4v) is 4.02. The lowest BCUT2D eigenvalue weighted by Crippen LogP contribution is -2.49. The highest BCUT2D eigenvalue weighted by atomic mass is 16.5. The molecule has 3 aromatic heterocycles.